The summed E-state index contributed by atoms with van der Waals surface area (Å²) in [6.45, 7) is 3.90. The summed E-state index contributed by atoms with van der Waals surface area (Å²) < 4.78 is 0. The van der Waals surface area contributed by atoms with Gasteiger partial charge < -0.3 is 10.2 Å². The summed E-state index contributed by atoms with van der Waals surface area (Å²) >= 11 is 0. The van der Waals surface area contributed by atoms with Crippen LogP contribution in [0.15, 0.2) is 60.7 Å². The Balaban J connectivity index is 2.04. The van der Waals surface area contributed by atoms with Crippen LogP contribution in [-0.2, 0) is 9.59 Å². The van der Waals surface area contributed by atoms with Crippen LogP contribution in [0.25, 0.3) is 0 Å². The number of hydrogen-bond acceptors (Lipinski definition) is 2. The highest BCUT2D eigenvalue weighted by Crippen LogP contribution is 2.19. The number of nitrogens with zero attached hydrogens (tertiary/aromatic N) is 1. The van der Waals surface area contributed by atoms with E-state index in [9.17, 15) is 9.59 Å². The van der Waals surface area contributed by atoms with Crippen LogP contribution in [0.1, 0.15) is 43.5 Å². The normalized spacial score (nSPS) is 13.0. The highest BCUT2D eigenvalue weighted by molar-refractivity contribution is 6.35. The lowest BCUT2D eigenvalue weighted by Crippen LogP contribution is -2.43. The van der Waals surface area contributed by atoms with Crippen molar-refractivity contribution < 1.29 is 9.59 Å². The van der Waals surface area contributed by atoms with Gasteiger partial charge in [-0.1, -0.05) is 67.6 Å². The lowest BCUT2D eigenvalue weighted by molar-refractivity contribution is -0.146. The molecule has 0 radical (unpaired) electrons. The van der Waals surface area contributed by atoms with Crippen LogP contribution in [0.5, 0.6) is 0 Å². The van der Waals surface area contributed by atoms with Gasteiger partial charge in [0.25, 0.3) is 0 Å². The molecule has 0 fully saturated rings. The summed E-state index contributed by atoms with van der Waals surface area (Å²) in [6, 6.07) is 19.0. The van der Waals surface area contributed by atoms with E-state index < -0.39 is 11.8 Å². The highest BCUT2D eigenvalue weighted by Gasteiger charge is 2.25. The second kappa shape index (κ2) is 8.29. The van der Waals surface area contributed by atoms with Crippen LogP contribution in [-0.4, -0.2) is 23.8 Å². The average molecular weight is 324 g/mol. The summed E-state index contributed by atoms with van der Waals surface area (Å²) in [7, 11) is 1.66. The Morgan fingerprint density at radius 2 is 1.46 bits per heavy atom. The second-order valence-electron chi connectivity index (χ2n) is 5.85. The zero-order valence-corrected chi connectivity index (χ0v) is 14.4. The van der Waals surface area contributed by atoms with Crippen molar-refractivity contribution in [2.75, 3.05) is 7.05 Å². The molecule has 0 saturated heterocycles. The van der Waals surface area contributed by atoms with E-state index >= 15 is 0 Å². The summed E-state index contributed by atoms with van der Waals surface area (Å²) in [5.74, 6) is -1.10. The number of rotatable bonds is 5. The first-order chi connectivity index (χ1) is 11.5. The molecule has 0 bridgehead atoms. The minimum Gasteiger partial charge on any atom is -0.341 e. The third-order valence-corrected chi connectivity index (χ3v) is 4.29. The Labute approximate surface area is 143 Å². The summed E-state index contributed by atoms with van der Waals surface area (Å²) in [5, 5.41) is 2.84. The monoisotopic (exact) mass is 324 g/mol. The van der Waals surface area contributed by atoms with Crippen LogP contribution >= 0.6 is 0 Å². The Kier molecular flexibility index (Phi) is 6.13. The van der Waals surface area contributed by atoms with Gasteiger partial charge >= 0.3 is 11.8 Å². The van der Waals surface area contributed by atoms with Crippen molar-refractivity contribution >= 4 is 11.8 Å². The van der Waals surface area contributed by atoms with Gasteiger partial charge in [-0.15, -0.1) is 0 Å². The van der Waals surface area contributed by atoms with Gasteiger partial charge in [-0.05, 0) is 24.5 Å². The summed E-state index contributed by atoms with van der Waals surface area (Å²) in [4.78, 5) is 26.3. The zero-order valence-electron chi connectivity index (χ0n) is 14.4. The van der Waals surface area contributed by atoms with Crippen LogP contribution in [0.4, 0.5) is 0 Å². The third kappa shape index (κ3) is 4.22. The van der Waals surface area contributed by atoms with Gasteiger partial charge in [-0.3, -0.25) is 9.59 Å². The maximum Gasteiger partial charge on any atom is 0.312 e. The number of nitrogens with one attached hydrogen (secondary N) is 1. The van der Waals surface area contributed by atoms with E-state index in [0.29, 0.717) is 0 Å². The molecule has 2 aromatic carbocycles. The van der Waals surface area contributed by atoms with Crippen molar-refractivity contribution in [2.24, 2.45) is 0 Å². The van der Waals surface area contributed by atoms with Crippen LogP contribution in [0, 0.1) is 0 Å². The molecule has 2 atom stereocenters. The standard InChI is InChI=1S/C20H24N2O2/c1-4-18(17-13-9-6-10-14-17)21-19(23)20(24)22(3)15(2)16-11-7-5-8-12-16/h5-15,18H,4H2,1-3H3,(H,21,23)/t15-,18-/m0/s1. The Bertz CT molecular complexity index is 671. The van der Waals surface area contributed by atoms with E-state index in [1.165, 1.54) is 4.90 Å². The predicted octanol–water partition coefficient (Wildman–Crippen LogP) is 3.47. The number of carbonyl (C=O) groups excluding carboxylic acids is 2. The van der Waals surface area contributed by atoms with Gasteiger partial charge in [0, 0.05) is 7.05 Å². The van der Waals surface area contributed by atoms with Crippen molar-refractivity contribution in [3.8, 4) is 0 Å². The molecule has 126 valence electrons. The maximum atomic E-state index is 12.5. The Hall–Kier alpha value is -2.62. The van der Waals surface area contributed by atoms with Gasteiger partial charge in [0.05, 0.1) is 12.1 Å². The van der Waals surface area contributed by atoms with E-state index in [-0.39, 0.29) is 12.1 Å². The first-order valence-corrected chi connectivity index (χ1v) is 8.22. The fraction of sp³-hybridized carbons (Fsp3) is 0.300. The first kappa shape index (κ1) is 17.7. The quantitative estimate of drug-likeness (QED) is 0.856. The topological polar surface area (TPSA) is 49.4 Å². The van der Waals surface area contributed by atoms with Crippen LogP contribution in [0.2, 0.25) is 0 Å². The molecular formula is C20H24N2O2. The first-order valence-electron chi connectivity index (χ1n) is 8.22. The van der Waals surface area contributed by atoms with Crippen molar-refractivity contribution in [3.63, 3.8) is 0 Å². The van der Waals surface area contributed by atoms with Gasteiger partial charge in [0.2, 0.25) is 0 Å². The van der Waals surface area contributed by atoms with E-state index in [1.807, 2.05) is 74.5 Å². The molecular weight excluding hydrogens is 300 g/mol. The van der Waals surface area contributed by atoms with E-state index in [2.05, 4.69) is 5.32 Å². The molecule has 0 aromatic heterocycles. The number of benzene rings is 2. The summed E-state index contributed by atoms with van der Waals surface area (Å²) in [5.41, 5.74) is 2.00. The lowest BCUT2D eigenvalue weighted by atomic mass is 10.0. The molecule has 4 nitrogen and oxygen atoms in total. The van der Waals surface area contributed by atoms with Gasteiger partial charge in [0.15, 0.2) is 0 Å². The fourth-order valence-corrected chi connectivity index (χ4v) is 2.62. The Morgan fingerprint density at radius 3 is 1.96 bits per heavy atom. The largest absolute Gasteiger partial charge is 0.341 e. The molecule has 1 N–H and O–H groups in total. The van der Waals surface area contributed by atoms with Crippen LogP contribution < -0.4 is 5.32 Å². The molecule has 0 aliphatic carbocycles. The lowest BCUT2D eigenvalue weighted by Gasteiger charge is -2.26. The summed E-state index contributed by atoms with van der Waals surface area (Å²) in [6.07, 6.45) is 0.723. The number of hydrogen-bond donors (Lipinski definition) is 1. The molecule has 2 rings (SSSR count). The SMILES string of the molecule is CC[C@H](NC(=O)C(=O)N(C)[C@@H](C)c1ccccc1)c1ccccc1. The number of likely N-dealkylation sites (N-methyl/N-ethyl adjacent to an activating group) is 1. The predicted molar refractivity (Wildman–Crippen MR) is 95.2 cm³/mol. The smallest absolute Gasteiger partial charge is 0.312 e. The van der Waals surface area contributed by atoms with Gasteiger partial charge in [-0.25, -0.2) is 0 Å². The van der Waals surface area contributed by atoms with E-state index in [1.54, 1.807) is 7.05 Å². The molecule has 4 heteroatoms. The van der Waals surface area contributed by atoms with E-state index in [4.69, 9.17) is 0 Å². The number of amides is 2. The minimum absolute atomic E-state index is 0.164. The molecule has 2 aromatic rings. The Morgan fingerprint density at radius 1 is 0.958 bits per heavy atom. The highest BCUT2D eigenvalue weighted by atomic mass is 16.2. The van der Waals surface area contributed by atoms with Crippen molar-refractivity contribution in [1.82, 2.24) is 10.2 Å². The van der Waals surface area contributed by atoms with Crippen molar-refractivity contribution in [2.45, 2.75) is 32.4 Å². The third-order valence-electron chi connectivity index (χ3n) is 4.29. The fourth-order valence-electron chi connectivity index (χ4n) is 2.62. The van der Waals surface area contributed by atoms with Gasteiger partial charge in [0.1, 0.15) is 0 Å². The van der Waals surface area contributed by atoms with Crippen molar-refractivity contribution in [3.05, 3.63) is 71.8 Å². The maximum absolute atomic E-state index is 12.5. The molecule has 0 saturated carbocycles. The molecule has 0 unspecified atom stereocenters. The van der Waals surface area contributed by atoms with Crippen LogP contribution in [0.3, 0.4) is 0 Å². The molecule has 0 spiro atoms. The molecule has 0 heterocycles. The number of carbonyl (C=O) groups is 2. The molecule has 2 amide bonds. The zero-order chi connectivity index (χ0) is 17.5. The van der Waals surface area contributed by atoms with Crippen molar-refractivity contribution in [1.29, 1.82) is 0 Å². The van der Waals surface area contributed by atoms with Gasteiger partial charge in [-0.2, -0.15) is 0 Å². The average Bonchev–Trinajstić information content (AvgIpc) is 2.65. The van der Waals surface area contributed by atoms with E-state index in [0.717, 1.165) is 17.5 Å². The molecule has 0 aliphatic rings. The molecule has 24 heavy (non-hydrogen) atoms. The second-order valence-corrected chi connectivity index (χ2v) is 5.85. The minimum atomic E-state index is -0.573. The molecule has 0 aliphatic heterocycles.